The van der Waals surface area contributed by atoms with Gasteiger partial charge < -0.3 is 0 Å². The summed E-state index contributed by atoms with van der Waals surface area (Å²) in [5, 5.41) is 3.62. The van der Waals surface area contributed by atoms with E-state index in [1.165, 1.54) is 0 Å². The minimum absolute atomic E-state index is 0.129. The van der Waals surface area contributed by atoms with Crippen molar-refractivity contribution in [3.8, 4) is 0 Å². The third-order valence-electron chi connectivity index (χ3n) is 2.40. The lowest BCUT2D eigenvalue weighted by molar-refractivity contribution is -0.140. The lowest BCUT2D eigenvalue weighted by Gasteiger charge is -2.21. The zero-order valence-corrected chi connectivity index (χ0v) is 10.4. The summed E-state index contributed by atoms with van der Waals surface area (Å²) in [6.07, 6.45) is 3.34. The van der Waals surface area contributed by atoms with E-state index in [1.807, 2.05) is 19.3 Å². The number of nitrogens with one attached hydrogen (secondary N) is 2. The number of nitrogens with two attached hydrogens (primary N) is 1. The molecular formula is C10H21N5O2. The Morgan fingerprint density at radius 3 is 2.29 bits per heavy atom. The molecule has 0 aliphatic rings. The van der Waals surface area contributed by atoms with E-state index in [9.17, 15) is 9.59 Å². The van der Waals surface area contributed by atoms with Crippen molar-refractivity contribution >= 4 is 11.8 Å². The molecule has 0 heterocycles. The summed E-state index contributed by atoms with van der Waals surface area (Å²) in [5.41, 5.74) is 8.36. The van der Waals surface area contributed by atoms with Crippen LogP contribution in [0.4, 0.5) is 0 Å². The van der Waals surface area contributed by atoms with Crippen LogP contribution in [0.5, 0.6) is 0 Å². The number of carbonyl (C=O) groups excluding carboxylic acids is 2. The lowest BCUT2D eigenvalue weighted by atomic mass is 9.97. The van der Waals surface area contributed by atoms with E-state index in [0.29, 0.717) is 0 Å². The van der Waals surface area contributed by atoms with Gasteiger partial charge in [0.2, 0.25) is 5.91 Å². The Morgan fingerprint density at radius 1 is 1.35 bits per heavy atom. The van der Waals surface area contributed by atoms with Crippen LogP contribution in [0.2, 0.25) is 0 Å². The number of nitrogens with zero attached hydrogens (tertiary/aromatic N) is 2. The van der Waals surface area contributed by atoms with E-state index < -0.39 is 5.91 Å². The van der Waals surface area contributed by atoms with Gasteiger partial charge >= 0.3 is 0 Å². The van der Waals surface area contributed by atoms with Crippen molar-refractivity contribution in [3.05, 3.63) is 0 Å². The molecular weight excluding hydrogens is 222 g/mol. The van der Waals surface area contributed by atoms with Gasteiger partial charge in [-0.1, -0.05) is 31.9 Å². The van der Waals surface area contributed by atoms with E-state index in [1.54, 1.807) is 0 Å². The first-order valence-electron chi connectivity index (χ1n) is 5.78. The highest BCUT2D eigenvalue weighted by atomic mass is 16.2. The van der Waals surface area contributed by atoms with Gasteiger partial charge in [-0.15, -0.1) is 0 Å². The van der Waals surface area contributed by atoms with Gasteiger partial charge in [0, 0.05) is 5.92 Å². The summed E-state index contributed by atoms with van der Waals surface area (Å²) < 4.78 is 0. The molecule has 0 spiro atoms. The smallest absolute Gasteiger partial charge is 0.262 e. The van der Waals surface area contributed by atoms with Crippen LogP contribution in [0.3, 0.4) is 0 Å². The number of rotatable bonds is 8. The number of hydrogen-bond donors (Lipinski definition) is 3. The molecule has 0 aliphatic carbocycles. The van der Waals surface area contributed by atoms with Crippen molar-refractivity contribution in [3.63, 3.8) is 0 Å². The van der Waals surface area contributed by atoms with Crippen LogP contribution in [0.15, 0.2) is 5.22 Å². The second kappa shape index (κ2) is 8.63. The molecule has 0 fully saturated rings. The number of hydrogen-bond acceptors (Lipinski definition) is 5. The fourth-order valence-electron chi connectivity index (χ4n) is 1.65. The maximum atomic E-state index is 11.9. The molecule has 0 aliphatic heterocycles. The molecule has 98 valence electrons. The molecule has 17 heavy (non-hydrogen) atoms. The minimum atomic E-state index is -0.567. The minimum Gasteiger partial charge on any atom is -0.273 e. The zero-order valence-electron chi connectivity index (χ0n) is 10.4. The molecule has 0 saturated heterocycles. The molecule has 0 saturated carbocycles. The number of amides is 2. The van der Waals surface area contributed by atoms with Crippen molar-refractivity contribution in [2.45, 2.75) is 39.5 Å². The van der Waals surface area contributed by atoms with Crippen LogP contribution in [-0.4, -0.2) is 23.4 Å². The Hall–Kier alpha value is -1.50. The molecule has 0 atom stereocenters. The molecule has 0 aromatic heterocycles. The average molecular weight is 243 g/mol. The normalized spacial score (nSPS) is 10.1. The Labute approximate surface area is 101 Å². The maximum absolute atomic E-state index is 11.9. The molecule has 4 N–H and O–H groups in total. The second-order valence-electron chi connectivity index (χ2n) is 3.89. The highest BCUT2D eigenvalue weighted by molar-refractivity contribution is 5.85. The van der Waals surface area contributed by atoms with Gasteiger partial charge in [-0.3, -0.25) is 14.6 Å². The molecule has 2 amide bonds. The third kappa shape index (κ3) is 5.96. The van der Waals surface area contributed by atoms with E-state index in [-0.39, 0.29) is 18.4 Å². The predicted octanol–water partition coefficient (Wildman–Crippen LogP) is 0.967. The van der Waals surface area contributed by atoms with Gasteiger partial charge in [0.1, 0.15) is 6.54 Å². The molecule has 0 aromatic rings. The first-order chi connectivity index (χ1) is 8.06. The summed E-state index contributed by atoms with van der Waals surface area (Å²) >= 11 is 0. The average Bonchev–Trinajstić information content (AvgIpc) is 2.28. The van der Waals surface area contributed by atoms with Crippen molar-refractivity contribution in [1.29, 1.82) is 5.53 Å². The lowest BCUT2D eigenvalue weighted by Crippen LogP contribution is -2.46. The monoisotopic (exact) mass is 243 g/mol. The Bertz CT molecular complexity index is 263. The van der Waals surface area contributed by atoms with Crippen molar-refractivity contribution in [2.75, 3.05) is 6.54 Å². The fourth-order valence-corrected chi connectivity index (χ4v) is 1.65. The Morgan fingerprint density at radius 2 is 1.88 bits per heavy atom. The first kappa shape index (κ1) is 15.5. The summed E-state index contributed by atoms with van der Waals surface area (Å²) in [4.78, 5) is 23.0. The van der Waals surface area contributed by atoms with Crippen molar-refractivity contribution < 1.29 is 9.59 Å². The highest BCUT2D eigenvalue weighted by Crippen LogP contribution is 2.15. The van der Waals surface area contributed by atoms with E-state index >= 15 is 0 Å². The zero-order chi connectivity index (χ0) is 13.3. The van der Waals surface area contributed by atoms with Crippen LogP contribution < -0.4 is 11.3 Å². The summed E-state index contributed by atoms with van der Waals surface area (Å²) in [6, 6.07) is 0. The summed E-state index contributed by atoms with van der Waals surface area (Å²) in [5.74, 6) is 4.61. The van der Waals surface area contributed by atoms with Gasteiger partial charge in [-0.05, 0) is 12.8 Å². The maximum Gasteiger partial charge on any atom is 0.262 e. The first-order valence-corrected chi connectivity index (χ1v) is 5.78. The highest BCUT2D eigenvalue weighted by Gasteiger charge is 2.22. The van der Waals surface area contributed by atoms with Gasteiger partial charge in [-0.25, -0.2) is 11.3 Å². The number of carbonyl (C=O) groups is 2. The fraction of sp³-hybridized carbons (Fsp3) is 0.800. The molecule has 0 aromatic carbocycles. The summed E-state index contributed by atoms with van der Waals surface area (Å²) in [6.45, 7) is 3.73. The quantitative estimate of drug-likeness (QED) is 0.255. The van der Waals surface area contributed by atoms with Gasteiger partial charge in [0.05, 0.1) is 0 Å². The Balaban J connectivity index is 4.32. The van der Waals surface area contributed by atoms with Crippen molar-refractivity contribution in [1.82, 2.24) is 10.4 Å². The molecule has 7 heteroatoms. The molecule has 0 unspecified atom stereocenters. The molecule has 0 rings (SSSR count). The predicted molar refractivity (Wildman–Crippen MR) is 62.5 cm³/mol. The van der Waals surface area contributed by atoms with Gasteiger partial charge in [-0.2, -0.15) is 5.53 Å². The van der Waals surface area contributed by atoms with Crippen LogP contribution in [0.25, 0.3) is 0 Å². The SMILES string of the molecule is CCCC(CCC)C(=O)N(N)CC(=O)NN=N. The van der Waals surface area contributed by atoms with Crippen LogP contribution >= 0.6 is 0 Å². The van der Waals surface area contributed by atoms with Crippen molar-refractivity contribution in [2.24, 2.45) is 17.0 Å². The Kier molecular flexibility index (Phi) is 7.87. The number of hydrazine groups is 1. The van der Waals surface area contributed by atoms with E-state index in [4.69, 9.17) is 11.4 Å². The second-order valence-corrected chi connectivity index (χ2v) is 3.89. The van der Waals surface area contributed by atoms with Gasteiger partial charge in [0.15, 0.2) is 0 Å². The largest absolute Gasteiger partial charge is 0.273 e. The molecule has 7 nitrogen and oxygen atoms in total. The van der Waals surface area contributed by atoms with Crippen LogP contribution in [0, 0.1) is 11.4 Å². The molecule has 0 radical (unpaired) electrons. The molecule has 0 bridgehead atoms. The van der Waals surface area contributed by atoms with Gasteiger partial charge in [0.25, 0.3) is 5.91 Å². The van der Waals surface area contributed by atoms with E-state index in [2.05, 4.69) is 5.22 Å². The third-order valence-corrected chi connectivity index (χ3v) is 2.40. The summed E-state index contributed by atoms with van der Waals surface area (Å²) in [7, 11) is 0. The van der Waals surface area contributed by atoms with Crippen LogP contribution in [0.1, 0.15) is 39.5 Å². The van der Waals surface area contributed by atoms with E-state index in [0.717, 1.165) is 30.7 Å². The topological polar surface area (TPSA) is 112 Å². The van der Waals surface area contributed by atoms with Crippen LogP contribution in [-0.2, 0) is 9.59 Å². The standard InChI is InChI=1S/C10H21N5O2/c1-3-5-8(6-4-2)10(17)15(12)7-9(16)13-14-11/h8H,3-7,12H2,1-2H3,(H2,11,13,16).